The maximum atomic E-state index is 12.2. The third-order valence-corrected chi connectivity index (χ3v) is 26.9. The molecule has 8 bridgehead atoms. The number of aliphatic hydroxyl groups is 2. The number of hydroxylamine groups is 2. The van der Waals surface area contributed by atoms with Crippen LogP contribution in [0.5, 0.6) is 0 Å². The summed E-state index contributed by atoms with van der Waals surface area (Å²) in [7, 11) is 0. The molecule has 0 aromatic heterocycles. The molecule has 15 heterocycles. The summed E-state index contributed by atoms with van der Waals surface area (Å²) in [4.78, 5) is 72.4. The number of esters is 3. The Labute approximate surface area is 834 Å². The van der Waals surface area contributed by atoms with E-state index in [-0.39, 0.29) is 282 Å². The second-order valence-electron chi connectivity index (χ2n) is 33.8. The van der Waals surface area contributed by atoms with Gasteiger partial charge in [0.25, 0.3) is 17.8 Å². The molecular formula is C84H132N3O29U5-5. The molecule has 0 radical (unpaired) electrons. The molecule has 682 valence electrons. The summed E-state index contributed by atoms with van der Waals surface area (Å²) in [5, 5.41) is 22.7. The van der Waals surface area contributed by atoms with Crippen molar-refractivity contribution >= 4 is 36.4 Å². The van der Waals surface area contributed by atoms with Gasteiger partial charge in [0.05, 0.1) is 91.0 Å². The normalized spacial score (nSPS) is 37.4. The van der Waals surface area contributed by atoms with Gasteiger partial charge in [-0.1, -0.05) is 116 Å². The zero-order chi connectivity index (χ0) is 85.5. The van der Waals surface area contributed by atoms with Gasteiger partial charge in [0, 0.05) is 213 Å². The number of carbonyl (C=O) groups excluding carboxylic acids is 5. The Hall–Kier alpha value is 0.660. The van der Waals surface area contributed by atoms with Crippen LogP contribution in [-0.4, -0.2) is 235 Å². The van der Waals surface area contributed by atoms with Crippen molar-refractivity contribution in [1.29, 1.82) is 0 Å². The molecule has 32 nitrogen and oxygen atoms in total. The van der Waals surface area contributed by atoms with Crippen LogP contribution in [0.4, 0.5) is 0 Å². The first-order valence-electron chi connectivity index (χ1n) is 41.3. The van der Waals surface area contributed by atoms with Crippen molar-refractivity contribution in [3.8, 4) is 0 Å². The number of fused-ring (bicyclic) bond motifs is 11. The summed E-state index contributed by atoms with van der Waals surface area (Å²) in [6.45, 7) is 57.6. The number of hydrogen-bond donors (Lipinski definition) is 3. The Morgan fingerprint density at radius 2 is 0.835 bits per heavy atom. The fourth-order valence-electron chi connectivity index (χ4n) is 18.0. The third-order valence-electron chi connectivity index (χ3n) is 26.9. The number of aliphatic hydroxyl groups excluding tert-OH is 2. The van der Waals surface area contributed by atoms with Crippen molar-refractivity contribution in [2.75, 3.05) is 59.5 Å². The average Bonchev–Trinajstić information content (AvgIpc) is 1.59. The minimum absolute atomic E-state index is 0. The molecule has 2 amide bonds. The first-order valence-corrected chi connectivity index (χ1v) is 41.3. The molecule has 1 unspecified atom stereocenters. The van der Waals surface area contributed by atoms with Gasteiger partial charge < -0.3 is 110 Å². The van der Waals surface area contributed by atoms with Gasteiger partial charge in [-0.2, -0.15) is 33.0 Å². The van der Waals surface area contributed by atoms with Crippen molar-refractivity contribution in [2.45, 2.75) is 321 Å². The number of benzene rings is 1. The number of amides is 2. The van der Waals surface area contributed by atoms with E-state index in [0.717, 1.165) is 56.6 Å². The quantitative estimate of drug-likeness (QED) is 0.0273. The molecule has 1 aromatic rings. The molecule has 37 heteroatoms. The van der Waals surface area contributed by atoms with Crippen molar-refractivity contribution in [2.24, 2.45) is 58.4 Å². The number of rotatable bonds is 20. The first kappa shape index (κ1) is 114. The molecule has 16 rings (SSSR count). The van der Waals surface area contributed by atoms with Gasteiger partial charge in [0.2, 0.25) is 6.29 Å². The fraction of sp³-hybridized carbons (Fsp3) is 0.798. The van der Waals surface area contributed by atoms with Crippen molar-refractivity contribution in [3.05, 3.63) is 68.4 Å². The van der Waals surface area contributed by atoms with Crippen LogP contribution in [0.15, 0.2) is 29.4 Å². The van der Waals surface area contributed by atoms with Crippen molar-refractivity contribution < 1.29 is 294 Å². The summed E-state index contributed by atoms with van der Waals surface area (Å²) in [5.74, 6) is 3.83. The fourth-order valence-corrected chi connectivity index (χ4v) is 18.0. The second kappa shape index (κ2) is 48.0. The number of hydrogen-bond acceptors (Lipinski definition) is 31. The molecule has 0 saturated carbocycles. The minimum Gasteiger partial charge on any atom is -0.544 e. The van der Waals surface area contributed by atoms with Crippen LogP contribution in [0, 0.1) is 236 Å². The van der Waals surface area contributed by atoms with Gasteiger partial charge in [0.15, 0.2) is 30.3 Å². The Morgan fingerprint density at radius 1 is 0.463 bits per heavy atom. The zero-order valence-electron chi connectivity index (χ0n) is 74.6. The monoisotopic (exact) mass is 2840 g/mol. The Balaban J connectivity index is 0.000000291. The van der Waals surface area contributed by atoms with E-state index in [1.807, 2.05) is 68.9 Å². The van der Waals surface area contributed by atoms with E-state index in [9.17, 15) is 34.2 Å². The smallest absolute Gasteiger partial charge is 0.305 e. The third kappa shape index (κ3) is 24.6. The van der Waals surface area contributed by atoms with E-state index < -0.39 is 70.8 Å². The van der Waals surface area contributed by atoms with Gasteiger partial charge >= 0.3 is 11.9 Å². The summed E-state index contributed by atoms with van der Waals surface area (Å²) < 4.78 is 106. The van der Waals surface area contributed by atoms with Gasteiger partial charge in [-0.05, 0) is 139 Å². The van der Waals surface area contributed by atoms with E-state index in [0.29, 0.717) is 67.8 Å². The summed E-state index contributed by atoms with van der Waals surface area (Å²) in [5.41, 5.74) is -1.99. The average molecular weight is 2840 g/mol. The molecular weight excluding hydrogens is 2710 g/mol. The molecule has 15 aliphatic rings. The molecule has 1 aromatic carbocycles. The van der Waals surface area contributed by atoms with Crippen LogP contribution in [0.3, 0.4) is 0 Å². The van der Waals surface area contributed by atoms with E-state index in [1.165, 1.54) is 20.8 Å². The van der Waals surface area contributed by atoms with E-state index in [2.05, 4.69) is 85.9 Å². The van der Waals surface area contributed by atoms with Crippen LogP contribution >= 0.6 is 0 Å². The van der Waals surface area contributed by atoms with Gasteiger partial charge in [-0.25, -0.2) is 5.90 Å². The largest absolute Gasteiger partial charge is 0.544 e. The number of ether oxygens (including phenoxy) is 19. The van der Waals surface area contributed by atoms with Crippen LogP contribution in [0.25, 0.3) is 0 Å². The Morgan fingerprint density at radius 3 is 1.15 bits per heavy atom. The predicted octanol–water partition coefficient (Wildman–Crippen LogP) is 9.85. The Kier molecular flexibility index (Phi) is 45.2. The molecule has 0 spiro atoms. The predicted molar refractivity (Wildman–Crippen MR) is 413 cm³/mol. The minimum atomic E-state index is -0.939. The van der Waals surface area contributed by atoms with Crippen molar-refractivity contribution in [1.82, 2.24) is 5.06 Å². The van der Waals surface area contributed by atoms with Gasteiger partial charge in [-0.15, -0.1) is 10.2 Å². The van der Waals surface area contributed by atoms with Gasteiger partial charge in [-0.3, -0.25) is 28.8 Å². The standard InChI is InChI=1S/C15H14NO5.C13H22O5.C12H22O3.C11H19O3.C10H18O5.C8H12NO3.C8H13O2.C7H12NO3.5U/c1-9-12-6-20-15(9,7-19-12)8-21-16-13(17)10-4-2-3-5-11(10)14(16)18;1-6-13(7-2)8(3)11(16-9(4)14)12(18-13)17-10(5)15;1-6-12(7-2)8(3)9-10(15-12)14-11(4,5)13-9;1-5-11(6-2)8(3)10(7-13-11)14-9(4)12;1-6-7-8(14-9(2,3)13-7)15-10(6,4-11)5-12;1-6-7-3-11-8(6,4-10-7)5-12-9-2;1-3-8-5-9-7(4-10-8)6(8)2;1-5-6-2-10-7(5,3-9-6)4-11-8;;;;;/h2-6,9,12H,7-8H2,1H3;8,11-12H,6-7H2,1-5H3;8-10H,6-7H2,1-5H3;7-8,10H,5-6H2,1-4H3;6-8,11-12H,4-5H2,1-3H3;3,6-7H,2,4-5H2,1H3;4,6-7H,3,5H2,1-2H3;2,5-6H,3-4,8H2,1H3;;;;;/q-1;;;-1;;3*-1;;;;;/t9-,12-,15+;8-,11+,12?;8-,9+,10-;8-,10-;6-,7+,8-;6-,7-,8+;6-,7-,8-;5-,6-,7+;;;;;/m00000000...../s1. The van der Waals surface area contributed by atoms with Crippen LogP contribution < -0.4 is 5.90 Å². The number of oxime groups is 1. The first-order chi connectivity index (χ1) is 54.8. The number of nitrogens with zero attached hydrogens (tertiary/aromatic N) is 2. The zero-order valence-corrected chi connectivity index (χ0v) is 95.4. The molecule has 0 aliphatic carbocycles. The maximum Gasteiger partial charge on any atom is 0.305 e. The molecule has 15 aliphatic heterocycles. The number of nitrogens with two attached hydrogens (primary N) is 1. The molecule has 14 fully saturated rings. The maximum absolute atomic E-state index is 12.2. The number of carbonyl (C=O) groups is 5. The number of imide groups is 1. The summed E-state index contributed by atoms with van der Waals surface area (Å²) >= 11 is 0. The second-order valence-corrected chi connectivity index (χ2v) is 33.8. The van der Waals surface area contributed by atoms with E-state index in [4.69, 9.17) is 106 Å². The van der Waals surface area contributed by atoms with E-state index >= 15 is 0 Å². The van der Waals surface area contributed by atoms with Gasteiger partial charge in [0.1, 0.15) is 31.0 Å². The summed E-state index contributed by atoms with van der Waals surface area (Å²) in [6, 6.07) is 6.68. The molecule has 121 heavy (non-hydrogen) atoms. The molecule has 4 N–H and O–H groups in total. The van der Waals surface area contributed by atoms with Crippen LogP contribution in [-0.2, 0) is 119 Å². The molecule has 23 atom stereocenters. The summed E-state index contributed by atoms with van der Waals surface area (Å²) in [6.07, 6.45) is 4.69. The van der Waals surface area contributed by atoms with Crippen molar-refractivity contribution in [3.63, 3.8) is 0 Å². The van der Waals surface area contributed by atoms with Crippen LogP contribution in [0.1, 0.15) is 218 Å². The van der Waals surface area contributed by atoms with Crippen LogP contribution in [0.2, 0.25) is 0 Å². The topological polar surface area (TPSA) is 370 Å². The molecule has 14 saturated heterocycles. The van der Waals surface area contributed by atoms with E-state index in [1.54, 1.807) is 50.7 Å². The Bertz CT molecular complexity index is 3330. The SMILES string of the molecule is C=NOC[C@@]12CO[C@@H]([CH-]O1)[C@@H]2C.CCC1(CC)OC(OC(C)=O)[C@H](OC(C)=O)[C@@H]1C.CCC1(CC)O[C@@H]2OC(C)(C)O[C@@H]2[C@@H]1C.CCC1(CC)O[CH-][C@H](OC(C)=O)[C@@H]1C.CC[C@@]12CO[C@@H]([CH-]O1)[C@@H]2C.C[C@H]1[C@@H]2[CH-]O[C@@]1(CON)CO2.C[C@H]1[C@@H]2[CH-]O[C@@]1(CON1C(=O)c3ccccc3C1=O)CO2.C[C@H]1[C@H]2OC(C)(C)O[C@H]2OC1(CO)CO.[U].[U].[U].[U].[U].